The molecular formula is C19H22Cl2N4O. The lowest BCUT2D eigenvalue weighted by molar-refractivity contribution is -0.114. The van der Waals surface area contributed by atoms with E-state index in [1.54, 1.807) is 0 Å². The molecule has 2 aliphatic rings. The monoisotopic (exact) mass is 392 g/mol. The molecule has 2 aliphatic heterocycles. The van der Waals surface area contributed by atoms with Gasteiger partial charge in [-0.25, -0.2) is 0 Å². The molecule has 2 N–H and O–H groups in total. The number of benzene rings is 2. The van der Waals surface area contributed by atoms with Crippen molar-refractivity contribution in [3.05, 3.63) is 59.7 Å². The van der Waals surface area contributed by atoms with Gasteiger partial charge in [0.25, 0.3) is 0 Å². The molecule has 26 heavy (non-hydrogen) atoms. The van der Waals surface area contributed by atoms with Crippen molar-refractivity contribution in [3.63, 3.8) is 0 Å². The van der Waals surface area contributed by atoms with Crippen LogP contribution in [0.15, 0.2) is 53.5 Å². The van der Waals surface area contributed by atoms with Crippen molar-refractivity contribution >= 4 is 47.8 Å². The van der Waals surface area contributed by atoms with Gasteiger partial charge >= 0.3 is 0 Å². The minimum atomic E-state index is -0.0698. The van der Waals surface area contributed by atoms with Crippen LogP contribution in [-0.4, -0.2) is 44.3 Å². The zero-order chi connectivity index (χ0) is 16.4. The number of anilines is 2. The van der Waals surface area contributed by atoms with E-state index in [9.17, 15) is 4.79 Å². The Morgan fingerprint density at radius 1 is 0.962 bits per heavy atom. The number of nitrogens with one attached hydrogen (secondary N) is 2. The minimum Gasteiger partial charge on any atom is -0.369 e. The minimum absolute atomic E-state index is 0. The lowest BCUT2D eigenvalue weighted by Gasteiger charge is -2.30. The van der Waals surface area contributed by atoms with E-state index in [0.29, 0.717) is 0 Å². The summed E-state index contributed by atoms with van der Waals surface area (Å²) in [7, 11) is 0. The third-order valence-corrected chi connectivity index (χ3v) is 4.44. The molecule has 7 heteroatoms. The maximum atomic E-state index is 12.1. The van der Waals surface area contributed by atoms with E-state index in [1.807, 2.05) is 30.3 Å². The molecule has 1 saturated heterocycles. The van der Waals surface area contributed by atoms with Crippen LogP contribution in [0.2, 0.25) is 0 Å². The maximum absolute atomic E-state index is 12.1. The zero-order valence-electron chi connectivity index (χ0n) is 14.3. The Kier molecular flexibility index (Phi) is 7.03. The predicted octanol–water partition coefficient (Wildman–Crippen LogP) is 2.73. The SMILES string of the molecule is Cl.Cl.O=C1CN=C(c2ccccc2)c2ccc(N3CCNCC3)cc2N1. The molecule has 1 amide bonds. The molecule has 0 spiro atoms. The summed E-state index contributed by atoms with van der Waals surface area (Å²) in [4.78, 5) is 18.9. The van der Waals surface area contributed by atoms with Crippen LogP contribution >= 0.6 is 24.8 Å². The van der Waals surface area contributed by atoms with E-state index >= 15 is 0 Å². The van der Waals surface area contributed by atoms with Crippen molar-refractivity contribution in [1.82, 2.24) is 5.32 Å². The van der Waals surface area contributed by atoms with Gasteiger partial charge in [0.15, 0.2) is 0 Å². The third kappa shape index (κ3) is 4.18. The van der Waals surface area contributed by atoms with Crippen molar-refractivity contribution < 1.29 is 4.79 Å². The summed E-state index contributed by atoms with van der Waals surface area (Å²) in [5.41, 5.74) is 4.87. The number of hydrogen-bond donors (Lipinski definition) is 2. The topological polar surface area (TPSA) is 56.7 Å². The Bertz CT molecular complexity index is 789. The second-order valence-electron chi connectivity index (χ2n) is 6.05. The fourth-order valence-electron chi connectivity index (χ4n) is 3.23. The predicted molar refractivity (Wildman–Crippen MR) is 112 cm³/mol. The number of benzodiazepines with no additional fused rings is 1. The van der Waals surface area contributed by atoms with Gasteiger partial charge in [-0.3, -0.25) is 9.79 Å². The molecule has 2 heterocycles. The molecule has 0 unspecified atom stereocenters. The van der Waals surface area contributed by atoms with Crippen LogP contribution in [0.3, 0.4) is 0 Å². The van der Waals surface area contributed by atoms with E-state index in [2.05, 4.69) is 38.7 Å². The number of nitrogens with zero attached hydrogens (tertiary/aromatic N) is 2. The molecule has 2 aromatic rings. The molecule has 1 fully saturated rings. The maximum Gasteiger partial charge on any atom is 0.246 e. The summed E-state index contributed by atoms with van der Waals surface area (Å²) in [6.45, 7) is 4.08. The van der Waals surface area contributed by atoms with E-state index in [-0.39, 0.29) is 37.3 Å². The molecule has 0 bridgehead atoms. The Balaban J connectivity index is 0.00000121. The van der Waals surface area contributed by atoms with E-state index in [0.717, 1.165) is 54.4 Å². The quantitative estimate of drug-likeness (QED) is 0.825. The van der Waals surface area contributed by atoms with Gasteiger partial charge < -0.3 is 15.5 Å². The highest BCUT2D eigenvalue weighted by Crippen LogP contribution is 2.28. The van der Waals surface area contributed by atoms with Gasteiger partial charge in [0.05, 0.1) is 11.4 Å². The van der Waals surface area contributed by atoms with Crippen molar-refractivity contribution in [2.24, 2.45) is 4.99 Å². The molecule has 5 nitrogen and oxygen atoms in total. The summed E-state index contributed by atoms with van der Waals surface area (Å²) in [6, 6.07) is 16.3. The smallest absolute Gasteiger partial charge is 0.246 e. The highest BCUT2D eigenvalue weighted by atomic mass is 35.5. The van der Waals surface area contributed by atoms with E-state index < -0.39 is 0 Å². The summed E-state index contributed by atoms with van der Waals surface area (Å²) >= 11 is 0. The Hall–Kier alpha value is -2.08. The van der Waals surface area contributed by atoms with Gasteiger partial charge in [-0.2, -0.15) is 0 Å². The molecule has 0 saturated carbocycles. The molecule has 2 aromatic carbocycles. The van der Waals surface area contributed by atoms with Crippen LogP contribution in [0.25, 0.3) is 0 Å². The van der Waals surface area contributed by atoms with Gasteiger partial charge in [0.2, 0.25) is 5.91 Å². The highest BCUT2D eigenvalue weighted by Gasteiger charge is 2.20. The van der Waals surface area contributed by atoms with E-state index in [4.69, 9.17) is 0 Å². The van der Waals surface area contributed by atoms with Crippen LogP contribution in [-0.2, 0) is 4.79 Å². The number of rotatable bonds is 2. The third-order valence-electron chi connectivity index (χ3n) is 4.44. The first kappa shape index (κ1) is 20.2. The number of piperazine rings is 1. The first-order valence-electron chi connectivity index (χ1n) is 8.31. The van der Waals surface area contributed by atoms with Crippen LogP contribution in [0.5, 0.6) is 0 Å². The molecule has 0 aromatic heterocycles. The normalized spacial score (nSPS) is 16.2. The van der Waals surface area contributed by atoms with Crippen molar-refractivity contribution in [1.29, 1.82) is 0 Å². The molecule has 0 aliphatic carbocycles. The second-order valence-corrected chi connectivity index (χ2v) is 6.05. The number of halogens is 2. The largest absolute Gasteiger partial charge is 0.369 e. The lowest BCUT2D eigenvalue weighted by atomic mass is 10.00. The van der Waals surface area contributed by atoms with Gasteiger partial charge in [0.1, 0.15) is 6.54 Å². The van der Waals surface area contributed by atoms with E-state index in [1.165, 1.54) is 0 Å². The summed E-state index contributed by atoms with van der Waals surface area (Å²) in [5, 5.41) is 6.37. The second kappa shape index (κ2) is 9.03. The number of amides is 1. The fraction of sp³-hybridized carbons (Fsp3) is 0.263. The number of carbonyl (C=O) groups is 1. The first-order valence-corrected chi connectivity index (χ1v) is 8.31. The molecule has 138 valence electrons. The number of aliphatic imine (C=N–C) groups is 1. The molecule has 0 atom stereocenters. The number of hydrogen-bond acceptors (Lipinski definition) is 4. The molecule has 0 radical (unpaired) electrons. The number of fused-ring (bicyclic) bond motifs is 1. The fourth-order valence-corrected chi connectivity index (χ4v) is 3.23. The molecular weight excluding hydrogens is 371 g/mol. The summed E-state index contributed by atoms with van der Waals surface area (Å²) in [6.07, 6.45) is 0. The van der Waals surface area contributed by atoms with Crippen molar-refractivity contribution in [2.75, 3.05) is 42.9 Å². The molecule has 4 rings (SSSR count). The summed E-state index contributed by atoms with van der Waals surface area (Å²) in [5.74, 6) is -0.0698. The van der Waals surface area contributed by atoms with Crippen LogP contribution in [0.1, 0.15) is 11.1 Å². The average Bonchev–Trinajstić information content (AvgIpc) is 2.80. The summed E-state index contributed by atoms with van der Waals surface area (Å²) < 4.78 is 0. The van der Waals surface area contributed by atoms with Crippen LogP contribution in [0.4, 0.5) is 11.4 Å². The Morgan fingerprint density at radius 3 is 2.42 bits per heavy atom. The number of carbonyl (C=O) groups excluding carboxylic acids is 1. The van der Waals surface area contributed by atoms with Crippen molar-refractivity contribution in [3.8, 4) is 0 Å². The van der Waals surface area contributed by atoms with Gasteiger partial charge in [-0.1, -0.05) is 30.3 Å². The van der Waals surface area contributed by atoms with Crippen molar-refractivity contribution in [2.45, 2.75) is 0 Å². The first-order chi connectivity index (χ1) is 11.8. The van der Waals surface area contributed by atoms with Crippen LogP contribution < -0.4 is 15.5 Å². The standard InChI is InChI=1S/C19H20N4O.2ClH/c24-18-13-21-19(14-4-2-1-3-5-14)16-7-6-15(12-17(16)22-18)23-10-8-20-9-11-23;;/h1-7,12,20H,8-11,13H2,(H,22,24);2*1H. The van der Waals surface area contributed by atoms with Crippen LogP contribution in [0, 0.1) is 0 Å². The Morgan fingerprint density at radius 2 is 1.69 bits per heavy atom. The van der Waals surface area contributed by atoms with Gasteiger partial charge in [-0.05, 0) is 18.2 Å². The highest BCUT2D eigenvalue weighted by molar-refractivity contribution is 6.19. The average molecular weight is 393 g/mol. The van der Waals surface area contributed by atoms with Gasteiger partial charge in [-0.15, -0.1) is 24.8 Å². The lowest BCUT2D eigenvalue weighted by Crippen LogP contribution is -2.43. The zero-order valence-corrected chi connectivity index (χ0v) is 15.9. The van der Waals surface area contributed by atoms with Gasteiger partial charge in [0, 0.05) is 43.0 Å². The Labute approximate surface area is 165 Å².